The van der Waals surface area contributed by atoms with Crippen LogP contribution in [0, 0.1) is 0 Å². The van der Waals surface area contributed by atoms with Gasteiger partial charge in [-0.3, -0.25) is 9.78 Å². The molecule has 0 aliphatic rings. The van der Waals surface area contributed by atoms with E-state index in [9.17, 15) is 4.79 Å². The summed E-state index contributed by atoms with van der Waals surface area (Å²) >= 11 is 0. The number of nitrogens with two attached hydrogens (primary N) is 1. The van der Waals surface area contributed by atoms with Crippen LogP contribution < -0.4 is 10.5 Å². The second-order valence-electron chi connectivity index (χ2n) is 7.00. The lowest BCUT2D eigenvalue weighted by atomic mass is 10.0. The van der Waals surface area contributed by atoms with Crippen LogP contribution in [0.25, 0.3) is 22.1 Å². The summed E-state index contributed by atoms with van der Waals surface area (Å²) in [5.74, 6) is 0.836. The van der Waals surface area contributed by atoms with E-state index in [1.165, 1.54) is 0 Å². The number of carbonyl (C=O) groups excluding carboxylic acids is 1. The fourth-order valence-corrected chi connectivity index (χ4v) is 3.42. The molecular formula is C24H22N2O3. The average Bonchev–Trinajstić information content (AvgIpc) is 3.21. The van der Waals surface area contributed by atoms with E-state index >= 15 is 0 Å². The molecule has 2 aromatic heterocycles. The standard InChI is InChI=1S/C24H22N2O3/c1-16(27)10-19-4-2-3-5-23(19)29-15-17-11-20-7-9-28-24(20)22(12-17)18-6-8-26-21(13-18)14-25/h2-9,11-13H,10,14-15,25H2,1H3. The topological polar surface area (TPSA) is 78.3 Å². The number of furan rings is 1. The molecule has 0 saturated carbocycles. The number of rotatable bonds is 7. The molecule has 0 fully saturated rings. The van der Waals surface area contributed by atoms with E-state index in [0.29, 0.717) is 19.6 Å². The summed E-state index contributed by atoms with van der Waals surface area (Å²) < 4.78 is 11.8. The fraction of sp³-hybridized carbons (Fsp3) is 0.167. The number of para-hydroxylation sites is 1. The van der Waals surface area contributed by atoms with Gasteiger partial charge in [-0.2, -0.15) is 0 Å². The van der Waals surface area contributed by atoms with Crippen molar-refractivity contribution >= 4 is 16.8 Å². The van der Waals surface area contributed by atoms with Crippen molar-refractivity contribution in [3.63, 3.8) is 0 Å². The van der Waals surface area contributed by atoms with Gasteiger partial charge in [0.2, 0.25) is 0 Å². The van der Waals surface area contributed by atoms with E-state index in [0.717, 1.165) is 44.7 Å². The Hall–Kier alpha value is -3.44. The molecule has 29 heavy (non-hydrogen) atoms. The monoisotopic (exact) mass is 386 g/mol. The molecule has 5 nitrogen and oxygen atoms in total. The Bertz CT molecular complexity index is 1160. The summed E-state index contributed by atoms with van der Waals surface area (Å²) in [6.45, 7) is 2.35. The Labute approximate surface area is 169 Å². The quantitative estimate of drug-likeness (QED) is 0.500. The van der Waals surface area contributed by atoms with Gasteiger partial charge >= 0.3 is 0 Å². The maximum absolute atomic E-state index is 11.5. The molecule has 4 aromatic rings. The van der Waals surface area contributed by atoms with Gasteiger partial charge < -0.3 is 14.9 Å². The predicted molar refractivity (Wildman–Crippen MR) is 112 cm³/mol. The van der Waals surface area contributed by atoms with Gasteiger partial charge in [0.25, 0.3) is 0 Å². The van der Waals surface area contributed by atoms with Gasteiger partial charge in [0.1, 0.15) is 23.7 Å². The number of ketones is 1. The first kappa shape index (κ1) is 18.9. The van der Waals surface area contributed by atoms with Crippen LogP contribution in [0.2, 0.25) is 0 Å². The minimum Gasteiger partial charge on any atom is -0.489 e. The number of hydrogen-bond acceptors (Lipinski definition) is 5. The average molecular weight is 386 g/mol. The van der Waals surface area contributed by atoms with Crippen LogP contribution in [-0.2, 0) is 24.4 Å². The summed E-state index contributed by atoms with van der Waals surface area (Å²) in [7, 11) is 0. The molecule has 2 aromatic carbocycles. The maximum Gasteiger partial charge on any atom is 0.141 e. The van der Waals surface area contributed by atoms with E-state index in [2.05, 4.69) is 17.1 Å². The van der Waals surface area contributed by atoms with E-state index in [4.69, 9.17) is 14.9 Å². The van der Waals surface area contributed by atoms with Crippen molar-refractivity contribution in [1.82, 2.24) is 4.98 Å². The van der Waals surface area contributed by atoms with Gasteiger partial charge in [0.15, 0.2) is 0 Å². The normalized spacial score (nSPS) is 11.0. The predicted octanol–water partition coefficient (Wildman–Crippen LogP) is 4.66. The number of hydrogen-bond donors (Lipinski definition) is 1. The smallest absolute Gasteiger partial charge is 0.141 e. The van der Waals surface area contributed by atoms with Crippen LogP contribution in [0.4, 0.5) is 0 Å². The molecule has 0 aliphatic heterocycles. The third-order valence-corrected chi connectivity index (χ3v) is 4.75. The van der Waals surface area contributed by atoms with Crippen LogP contribution in [0.1, 0.15) is 23.7 Å². The molecule has 2 heterocycles. The zero-order valence-corrected chi connectivity index (χ0v) is 16.2. The van der Waals surface area contributed by atoms with Crippen LogP contribution in [0.3, 0.4) is 0 Å². The third kappa shape index (κ3) is 4.20. The van der Waals surface area contributed by atoms with Gasteiger partial charge in [0.05, 0.1) is 12.0 Å². The first-order valence-corrected chi connectivity index (χ1v) is 9.49. The molecule has 5 heteroatoms. The van der Waals surface area contributed by atoms with E-state index in [-0.39, 0.29) is 5.78 Å². The van der Waals surface area contributed by atoms with Gasteiger partial charge in [-0.25, -0.2) is 0 Å². The molecule has 0 amide bonds. The van der Waals surface area contributed by atoms with E-state index in [1.54, 1.807) is 19.4 Å². The number of ether oxygens (including phenoxy) is 1. The first-order chi connectivity index (χ1) is 14.1. The molecule has 0 unspecified atom stereocenters. The fourth-order valence-electron chi connectivity index (χ4n) is 3.42. The van der Waals surface area contributed by atoms with Crippen LogP contribution in [0.15, 0.2) is 71.5 Å². The Morgan fingerprint density at radius 3 is 2.83 bits per heavy atom. The SMILES string of the molecule is CC(=O)Cc1ccccc1OCc1cc(-c2ccnc(CN)c2)c2occc2c1. The third-order valence-electron chi connectivity index (χ3n) is 4.75. The zero-order chi connectivity index (χ0) is 20.2. The highest BCUT2D eigenvalue weighted by Crippen LogP contribution is 2.32. The molecule has 0 saturated heterocycles. The molecule has 0 radical (unpaired) electrons. The van der Waals surface area contributed by atoms with Crippen molar-refractivity contribution < 1.29 is 13.9 Å². The minimum absolute atomic E-state index is 0.108. The maximum atomic E-state index is 11.5. The van der Waals surface area contributed by atoms with Gasteiger partial charge in [-0.05, 0) is 54.4 Å². The number of fused-ring (bicyclic) bond motifs is 1. The number of pyridine rings is 1. The molecule has 0 spiro atoms. The summed E-state index contributed by atoms with van der Waals surface area (Å²) in [5, 5.41) is 1.00. The molecule has 0 atom stereocenters. The number of carbonyl (C=O) groups is 1. The number of benzene rings is 2. The lowest BCUT2D eigenvalue weighted by Crippen LogP contribution is -2.02. The van der Waals surface area contributed by atoms with Crippen molar-refractivity contribution in [2.45, 2.75) is 26.5 Å². The Morgan fingerprint density at radius 2 is 2.00 bits per heavy atom. The Balaban J connectivity index is 1.67. The largest absolute Gasteiger partial charge is 0.489 e. The summed E-state index contributed by atoms with van der Waals surface area (Å²) in [5.41, 5.74) is 11.3. The van der Waals surface area contributed by atoms with Crippen molar-refractivity contribution in [3.8, 4) is 16.9 Å². The molecule has 146 valence electrons. The van der Waals surface area contributed by atoms with Crippen LogP contribution in [0.5, 0.6) is 5.75 Å². The first-order valence-electron chi connectivity index (χ1n) is 9.49. The van der Waals surface area contributed by atoms with Gasteiger partial charge in [-0.1, -0.05) is 18.2 Å². The second kappa shape index (κ2) is 8.29. The van der Waals surface area contributed by atoms with Gasteiger partial charge in [-0.15, -0.1) is 0 Å². The zero-order valence-electron chi connectivity index (χ0n) is 16.2. The van der Waals surface area contributed by atoms with Crippen molar-refractivity contribution in [3.05, 3.63) is 83.9 Å². The Morgan fingerprint density at radius 1 is 1.14 bits per heavy atom. The highest BCUT2D eigenvalue weighted by Gasteiger charge is 2.12. The van der Waals surface area contributed by atoms with E-state index < -0.39 is 0 Å². The summed E-state index contributed by atoms with van der Waals surface area (Å²) in [6.07, 6.45) is 3.81. The lowest BCUT2D eigenvalue weighted by molar-refractivity contribution is -0.116. The van der Waals surface area contributed by atoms with Crippen LogP contribution >= 0.6 is 0 Å². The van der Waals surface area contributed by atoms with Gasteiger partial charge in [0, 0.05) is 35.7 Å². The number of nitrogens with zero attached hydrogens (tertiary/aromatic N) is 1. The molecule has 0 bridgehead atoms. The molecule has 2 N–H and O–H groups in total. The highest BCUT2D eigenvalue weighted by molar-refractivity contribution is 5.93. The van der Waals surface area contributed by atoms with Crippen molar-refractivity contribution in [1.29, 1.82) is 0 Å². The second-order valence-corrected chi connectivity index (χ2v) is 7.00. The molecule has 4 rings (SSSR count). The van der Waals surface area contributed by atoms with E-state index in [1.807, 2.05) is 42.5 Å². The van der Waals surface area contributed by atoms with Crippen molar-refractivity contribution in [2.75, 3.05) is 0 Å². The Kier molecular flexibility index (Phi) is 5.40. The van der Waals surface area contributed by atoms with Crippen molar-refractivity contribution in [2.24, 2.45) is 5.73 Å². The van der Waals surface area contributed by atoms with Crippen LogP contribution in [-0.4, -0.2) is 10.8 Å². The minimum atomic E-state index is 0.108. The summed E-state index contributed by atoms with van der Waals surface area (Å²) in [6, 6.07) is 17.6. The summed E-state index contributed by atoms with van der Waals surface area (Å²) in [4.78, 5) is 15.8. The highest BCUT2D eigenvalue weighted by atomic mass is 16.5. The lowest BCUT2D eigenvalue weighted by Gasteiger charge is -2.12. The molecular weight excluding hydrogens is 364 g/mol. The number of aromatic nitrogens is 1. The molecule has 0 aliphatic carbocycles. The number of Topliss-reactive ketones (excluding diaryl/α,β-unsaturated/α-hetero) is 1.